The van der Waals surface area contributed by atoms with Gasteiger partial charge in [-0.15, -0.1) is 0 Å². The van der Waals surface area contributed by atoms with Crippen LogP contribution in [0.4, 0.5) is 0 Å². The number of likely N-dealkylation sites (tertiary alicyclic amines) is 1. The van der Waals surface area contributed by atoms with Crippen molar-refractivity contribution in [1.29, 1.82) is 0 Å². The summed E-state index contributed by atoms with van der Waals surface area (Å²) in [5.74, 6) is -1.28. The smallest absolute Gasteiger partial charge is 0.223 e. The van der Waals surface area contributed by atoms with Crippen LogP contribution in [0.25, 0.3) is 0 Å². The lowest BCUT2D eigenvalue weighted by Gasteiger charge is -2.24. The quantitative estimate of drug-likeness (QED) is 0.658. The first-order valence-corrected chi connectivity index (χ1v) is 10.4. The second kappa shape index (κ2) is 7.73. The summed E-state index contributed by atoms with van der Waals surface area (Å²) in [6.45, 7) is 0.0989. The number of rotatable bonds is 7. The molecule has 146 valence electrons. The number of sulfonamides is 1. The van der Waals surface area contributed by atoms with Crippen LogP contribution in [0.1, 0.15) is 31.4 Å². The van der Waals surface area contributed by atoms with Gasteiger partial charge >= 0.3 is 0 Å². The third kappa shape index (κ3) is 4.16. The molecule has 0 bridgehead atoms. The first kappa shape index (κ1) is 19.4. The lowest BCUT2D eigenvalue weighted by Crippen LogP contribution is -2.43. The highest BCUT2D eigenvalue weighted by Crippen LogP contribution is 2.33. The summed E-state index contributed by atoms with van der Waals surface area (Å²) < 4.78 is 26.8. The molecule has 1 aromatic heterocycles. The number of fused-ring (bicyclic) bond motifs is 1. The second-order valence-electron chi connectivity index (χ2n) is 6.80. The summed E-state index contributed by atoms with van der Waals surface area (Å²) in [7, 11) is -3.73. The summed E-state index contributed by atoms with van der Waals surface area (Å²) in [5.41, 5.74) is 5.48. The van der Waals surface area contributed by atoms with Gasteiger partial charge in [0, 0.05) is 25.6 Å². The number of amides is 2. The second-order valence-corrected chi connectivity index (χ2v) is 8.72. The van der Waals surface area contributed by atoms with Crippen LogP contribution in [-0.2, 0) is 30.2 Å². The van der Waals surface area contributed by atoms with Gasteiger partial charge in [-0.3, -0.25) is 19.4 Å². The van der Waals surface area contributed by atoms with Crippen molar-refractivity contribution < 1.29 is 22.8 Å². The van der Waals surface area contributed by atoms with Gasteiger partial charge < -0.3 is 10.6 Å². The first-order chi connectivity index (χ1) is 12.8. The zero-order chi connectivity index (χ0) is 19.6. The Bertz CT molecular complexity index is 842. The van der Waals surface area contributed by atoms with Crippen LogP contribution < -0.4 is 5.73 Å². The summed E-state index contributed by atoms with van der Waals surface area (Å²) in [4.78, 5) is 41.2. The van der Waals surface area contributed by atoms with Crippen LogP contribution in [0.5, 0.6) is 0 Å². The van der Waals surface area contributed by atoms with E-state index in [0.29, 0.717) is 25.1 Å². The SMILES string of the molecule is NC(=O)CCCC(=O)N1CCC2C1C(=O)CN2S(=O)(=O)Cc1ccccn1. The van der Waals surface area contributed by atoms with Gasteiger partial charge in [-0.1, -0.05) is 6.07 Å². The number of aromatic nitrogens is 1. The van der Waals surface area contributed by atoms with Crippen LogP contribution in [-0.4, -0.2) is 65.4 Å². The van der Waals surface area contributed by atoms with Crippen LogP contribution in [0, 0.1) is 0 Å². The molecule has 2 aliphatic heterocycles. The third-order valence-electron chi connectivity index (χ3n) is 4.93. The predicted molar refractivity (Wildman–Crippen MR) is 95.5 cm³/mol. The molecule has 2 fully saturated rings. The highest BCUT2D eigenvalue weighted by atomic mass is 32.2. The standard InChI is InChI=1S/C17H22N4O5S/c18-15(23)5-3-6-16(24)20-9-7-13-17(20)14(22)10-21(13)27(25,26)11-12-4-1-2-8-19-12/h1-2,4,8,13,17H,3,5-7,9-11H2,(H2,18,23). The minimum Gasteiger partial charge on any atom is -0.370 e. The lowest BCUT2D eigenvalue weighted by molar-refractivity contribution is -0.136. The minimum atomic E-state index is -3.73. The molecule has 9 nitrogen and oxygen atoms in total. The Morgan fingerprint density at radius 3 is 2.70 bits per heavy atom. The average molecular weight is 394 g/mol. The molecule has 0 radical (unpaired) electrons. The van der Waals surface area contributed by atoms with Crippen molar-refractivity contribution in [2.24, 2.45) is 5.73 Å². The molecule has 27 heavy (non-hydrogen) atoms. The van der Waals surface area contributed by atoms with Crippen LogP contribution in [0.2, 0.25) is 0 Å². The van der Waals surface area contributed by atoms with Gasteiger partial charge in [-0.2, -0.15) is 4.31 Å². The molecule has 2 unspecified atom stereocenters. The third-order valence-corrected chi connectivity index (χ3v) is 6.70. The van der Waals surface area contributed by atoms with E-state index in [-0.39, 0.29) is 36.8 Å². The fourth-order valence-corrected chi connectivity index (χ4v) is 5.39. The van der Waals surface area contributed by atoms with Crippen LogP contribution in [0.15, 0.2) is 24.4 Å². The van der Waals surface area contributed by atoms with E-state index in [1.165, 1.54) is 15.4 Å². The number of hydrogen-bond donors (Lipinski definition) is 1. The number of nitrogens with zero attached hydrogens (tertiary/aromatic N) is 3. The van der Waals surface area contributed by atoms with Gasteiger partial charge in [-0.25, -0.2) is 8.42 Å². The van der Waals surface area contributed by atoms with E-state index in [2.05, 4.69) is 4.98 Å². The highest BCUT2D eigenvalue weighted by molar-refractivity contribution is 7.88. The van der Waals surface area contributed by atoms with E-state index < -0.39 is 28.0 Å². The van der Waals surface area contributed by atoms with Gasteiger partial charge in [-0.05, 0) is 25.0 Å². The molecular formula is C17H22N4O5S. The predicted octanol–water partition coefficient (Wildman–Crippen LogP) is -0.579. The van der Waals surface area contributed by atoms with E-state index in [1.807, 2.05) is 0 Å². The summed E-state index contributed by atoms with van der Waals surface area (Å²) in [5, 5.41) is 0. The number of ketones is 1. The van der Waals surface area contributed by atoms with E-state index in [4.69, 9.17) is 5.73 Å². The molecule has 0 aliphatic carbocycles. The Hall–Kier alpha value is -2.33. The Balaban J connectivity index is 1.69. The number of hydrogen-bond acceptors (Lipinski definition) is 6. The largest absolute Gasteiger partial charge is 0.370 e. The maximum absolute atomic E-state index is 12.8. The van der Waals surface area contributed by atoms with Crippen LogP contribution in [0.3, 0.4) is 0 Å². The molecule has 1 aromatic rings. The summed E-state index contributed by atoms with van der Waals surface area (Å²) >= 11 is 0. The van der Waals surface area contributed by atoms with Crippen molar-refractivity contribution in [3.63, 3.8) is 0 Å². The van der Waals surface area contributed by atoms with E-state index in [0.717, 1.165) is 0 Å². The summed E-state index contributed by atoms with van der Waals surface area (Å²) in [6.07, 6.45) is 2.47. The fraction of sp³-hybridized carbons (Fsp3) is 0.529. The van der Waals surface area contributed by atoms with E-state index >= 15 is 0 Å². The van der Waals surface area contributed by atoms with Gasteiger partial charge in [0.25, 0.3) is 0 Å². The Morgan fingerprint density at radius 2 is 2.04 bits per heavy atom. The normalized spacial score (nSPS) is 22.8. The molecule has 2 amide bonds. The molecule has 2 saturated heterocycles. The zero-order valence-corrected chi connectivity index (χ0v) is 15.6. The lowest BCUT2D eigenvalue weighted by atomic mass is 10.1. The van der Waals surface area contributed by atoms with Gasteiger partial charge in [0.15, 0.2) is 5.78 Å². The van der Waals surface area contributed by atoms with Gasteiger partial charge in [0.1, 0.15) is 11.8 Å². The number of carbonyl (C=O) groups is 3. The van der Waals surface area contributed by atoms with Crippen molar-refractivity contribution in [2.45, 2.75) is 43.5 Å². The topological polar surface area (TPSA) is 131 Å². The van der Waals surface area contributed by atoms with E-state index in [9.17, 15) is 22.8 Å². The maximum Gasteiger partial charge on any atom is 0.223 e. The van der Waals surface area contributed by atoms with Crippen molar-refractivity contribution in [3.8, 4) is 0 Å². The number of nitrogens with two attached hydrogens (primary N) is 1. The maximum atomic E-state index is 12.8. The molecule has 0 aromatic carbocycles. The number of primary amides is 1. The molecule has 10 heteroatoms. The monoisotopic (exact) mass is 394 g/mol. The number of Topliss-reactive ketones (excluding diaryl/α,β-unsaturated/α-hetero) is 1. The summed E-state index contributed by atoms with van der Waals surface area (Å²) in [6, 6.07) is 3.74. The van der Waals surface area contributed by atoms with Crippen molar-refractivity contribution in [2.75, 3.05) is 13.1 Å². The van der Waals surface area contributed by atoms with Crippen molar-refractivity contribution >= 4 is 27.6 Å². The number of carbonyl (C=O) groups excluding carboxylic acids is 3. The Morgan fingerprint density at radius 1 is 1.26 bits per heavy atom. The first-order valence-electron chi connectivity index (χ1n) is 8.79. The Kier molecular flexibility index (Phi) is 5.56. The molecule has 3 rings (SSSR count). The highest BCUT2D eigenvalue weighted by Gasteiger charge is 2.53. The molecule has 2 atom stereocenters. The number of pyridine rings is 1. The van der Waals surface area contributed by atoms with Crippen LogP contribution >= 0.6 is 0 Å². The van der Waals surface area contributed by atoms with E-state index in [1.54, 1.807) is 18.2 Å². The van der Waals surface area contributed by atoms with Gasteiger partial charge in [0.2, 0.25) is 21.8 Å². The molecule has 2 aliphatic rings. The van der Waals surface area contributed by atoms with Crippen molar-refractivity contribution in [1.82, 2.24) is 14.2 Å². The Labute approximate surface area is 157 Å². The average Bonchev–Trinajstić information content (AvgIpc) is 3.17. The van der Waals surface area contributed by atoms with Crippen molar-refractivity contribution in [3.05, 3.63) is 30.1 Å². The minimum absolute atomic E-state index is 0.103. The molecule has 0 spiro atoms. The zero-order valence-electron chi connectivity index (χ0n) is 14.8. The molecular weight excluding hydrogens is 372 g/mol. The molecule has 0 saturated carbocycles. The molecule has 3 heterocycles. The van der Waals surface area contributed by atoms with Gasteiger partial charge in [0.05, 0.1) is 18.3 Å². The molecule has 2 N–H and O–H groups in total. The fourth-order valence-electron chi connectivity index (χ4n) is 3.73.